The number of nitrogen functional groups attached to an aromatic ring is 1. The van der Waals surface area contributed by atoms with E-state index in [1.165, 1.54) is 6.07 Å². The Morgan fingerprint density at radius 1 is 1.10 bits per heavy atom. The molecule has 0 aliphatic heterocycles. The van der Waals surface area contributed by atoms with E-state index in [4.69, 9.17) is 16.2 Å². The number of primary amides is 1. The summed E-state index contributed by atoms with van der Waals surface area (Å²) in [6.07, 6.45) is 0.189. The summed E-state index contributed by atoms with van der Waals surface area (Å²) in [6.45, 7) is 12.3. The minimum absolute atomic E-state index is 0.121. The van der Waals surface area contributed by atoms with E-state index in [1.54, 1.807) is 47.6 Å². The Balaban J connectivity index is 0.000000890. The van der Waals surface area contributed by atoms with Crippen molar-refractivity contribution in [3.63, 3.8) is 0 Å². The summed E-state index contributed by atoms with van der Waals surface area (Å²) in [5.74, 6) is -1.06. The first-order valence-electron chi connectivity index (χ1n) is 9.22. The highest BCUT2D eigenvalue weighted by Crippen LogP contribution is 2.23. The number of hydrogen-bond acceptors (Lipinski definition) is 6. The number of hydrogen-bond donors (Lipinski definition) is 4. The summed E-state index contributed by atoms with van der Waals surface area (Å²) in [4.78, 5) is 36.2. The maximum absolute atomic E-state index is 11.4. The van der Waals surface area contributed by atoms with Crippen molar-refractivity contribution < 1.29 is 29.0 Å². The number of nitrogens with zero attached hydrogens (tertiary/aromatic N) is 1. The van der Waals surface area contributed by atoms with Crippen LogP contribution in [0.4, 0.5) is 21.0 Å². The molecular formula is C20H32N4O6. The van der Waals surface area contributed by atoms with Crippen LogP contribution in [-0.2, 0) is 15.9 Å². The van der Waals surface area contributed by atoms with E-state index in [0.717, 1.165) is 6.34 Å². The molecule has 0 fully saturated rings. The lowest BCUT2D eigenvalue weighted by atomic mass is 10.0. The third kappa shape index (κ3) is 11.5. The third-order valence-electron chi connectivity index (χ3n) is 3.07. The van der Waals surface area contributed by atoms with Gasteiger partial charge < -0.3 is 31.4 Å². The molecule has 168 valence electrons. The molecule has 0 aromatic heterocycles. The number of carboxylic acids is 1. The molecule has 0 heterocycles. The fraction of sp³-hybridized carbons (Fsp3) is 0.500. The normalized spacial score (nSPS) is 11.3. The molecular weight excluding hydrogens is 392 g/mol. The van der Waals surface area contributed by atoms with Gasteiger partial charge in [-0.15, -0.1) is 0 Å². The molecule has 0 unspecified atom stereocenters. The highest BCUT2D eigenvalue weighted by Gasteiger charge is 2.16. The van der Waals surface area contributed by atoms with Gasteiger partial charge in [0.1, 0.15) is 11.2 Å². The number of aliphatic imine (C=N–C) groups is 1. The molecule has 0 aliphatic rings. The average molecular weight is 424 g/mol. The van der Waals surface area contributed by atoms with Crippen molar-refractivity contribution in [2.75, 3.05) is 11.1 Å². The summed E-state index contributed by atoms with van der Waals surface area (Å²) in [7, 11) is 0. The molecule has 1 aromatic rings. The molecule has 1 rings (SSSR count). The van der Waals surface area contributed by atoms with Crippen LogP contribution in [0.15, 0.2) is 17.1 Å². The number of carbonyl (C=O) groups is 3. The fourth-order valence-electron chi connectivity index (χ4n) is 2.11. The first-order valence-corrected chi connectivity index (χ1v) is 9.22. The molecule has 1 aromatic carbocycles. The SMILES string of the molecule is CC(C)(C)OC(N)=O.CCc1c(N)cc(NC=NC(=O)OC(C)(C)C)cc1C(=O)O. The zero-order chi connectivity index (χ0) is 23.7. The number of benzene rings is 1. The van der Waals surface area contributed by atoms with E-state index in [0.29, 0.717) is 23.4 Å². The highest BCUT2D eigenvalue weighted by atomic mass is 16.6. The van der Waals surface area contributed by atoms with Crippen molar-refractivity contribution >= 4 is 35.9 Å². The van der Waals surface area contributed by atoms with Gasteiger partial charge in [-0.3, -0.25) is 0 Å². The van der Waals surface area contributed by atoms with Crippen LogP contribution < -0.4 is 16.8 Å². The number of amides is 2. The van der Waals surface area contributed by atoms with Gasteiger partial charge >= 0.3 is 18.2 Å². The van der Waals surface area contributed by atoms with Gasteiger partial charge in [0, 0.05) is 11.4 Å². The number of carbonyl (C=O) groups excluding carboxylic acids is 2. The summed E-state index contributed by atoms with van der Waals surface area (Å²) in [5.41, 5.74) is 11.0. The number of nitrogens with one attached hydrogen (secondary N) is 1. The largest absolute Gasteiger partial charge is 0.478 e. The molecule has 10 nitrogen and oxygen atoms in total. The van der Waals surface area contributed by atoms with E-state index in [1.807, 2.05) is 6.92 Å². The predicted molar refractivity (Wildman–Crippen MR) is 116 cm³/mol. The maximum atomic E-state index is 11.4. The predicted octanol–water partition coefficient (Wildman–Crippen LogP) is 3.78. The average Bonchev–Trinajstić information content (AvgIpc) is 2.50. The molecule has 0 saturated carbocycles. The first kappa shape index (κ1) is 26.7. The maximum Gasteiger partial charge on any atom is 0.435 e. The first-order chi connectivity index (χ1) is 13.6. The van der Waals surface area contributed by atoms with Crippen LogP contribution in [0.1, 0.15) is 64.4 Å². The van der Waals surface area contributed by atoms with Crippen molar-refractivity contribution in [1.29, 1.82) is 0 Å². The van der Waals surface area contributed by atoms with Crippen LogP contribution in [0.5, 0.6) is 0 Å². The number of ether oxygens (including phenoxy) is 2. The molecule has 0 aliphatic carbocycles. The molecule has 0 atom stereocenters. The van der Waals surface area contributed by atoms with Gasteiger partial charge in [0.25, 0.3) is 0 Å². The minimum atomic E-state index is -1.06. The number of carboxylic acid groups (broad SMARTS) is 1. The number of rotatable bonds is 4. The molecule has 30 heavy (non-hydrogen) atoms. The zero-order valence-electron chi connectivity index (χ0n) is 18.5. The van der Waals surface area contributed by atoms with Gasteiger partial charge in [-0.2, -0.15) is 4.99 Å². The van der Waals surface area contributed by atoms with Crippen LogP contribution in [-0.4, -0.2) is 40.8 Å². The third-order valence-corrected chi connectivity index (χ3v) is 3.07. The Morgan fingerprint density at radius 3 is 2.00 bits per heavy atom. The van der Waals surface area contributed by atoms with Crippen LogP contribution in [0, 0.1) is 0 Å². The van der Waals surface area contributed by atoms with Gasteiger partial charge in [-0.25, -0.2) is 14.4 Å². The van der Waals surface area contributed by atoms with Gasteiger partial charge in [-0.05, 0) is 65.7 Å². The molecule has 2 amide bonds. The number of aromatic carboxylic acids is 1. The van der Waals surface area contributed by atoms with E-state index in [9.17, 15) is 19.5 Å². The van der Waals surface area contributed by atoms with Crippen LogP contribution in [0.2, 0.25) is 0 Å². The second-order valence-electron chi connectivity index (χ2n) is 8.17. The van der Waals surface area contributed by atoms with Crippen LogP contribution in [0.3, 0.4) is 0 Å². The quantitative estimate of drug-likeness (QED) is 0.322. The zero-order valence-corrected chi connectivity index (χ0v) is 18.5. The Bertz CT molecular complexity index is 792. The van der Waals surface area contributed by atoms with Crippen LogP contribution in [0.25, 0.3) is 0 Å². The van der Waals surface area contributed by atoms with Gasteiger partial charge in [-0.1, -0.05) is 6.92 Å². The lowest BCUT2D eigenvalue weighted by molar-refractivity contribution is 0.0590. The standard InChI is InChI=1S/C15H21N3O4.C5H11NO2/c1-5-10-11(13(19)20)6-9(7-12(10)16)17-8-18-14(21)22-15(2,3)4;1-5(2,3)8-4(6)7/h6-8H,5,16H2,1-4H3,(H,19,20)(H,17,18,21);1-3H3,(H2,6,7). The highest BCUT2D eigenvalue weighted by molar-refractivity contribution is 5.94. The van der Waals surface area contributed by atoms with Crippen molar-refractivity contribution in [2.45, 2.75) is 66.1 Å². The number of anilines is 2. The molecule has 0 spiro atoms. The van der Waals surface area contributed by atoms with Gasteiger partial charge in [0.15, 0.2) is 0 Å². The van der Waals surface area contributed by atoms with Crippen molar-refractivity contribution in [3.8, 4) is 0 Å². The summed E-state index contributed by atoms with van der Waals surface area (Å²) in [6, 6.07) is 3.03. The van der Waals surface area contributed by atoms with E-state index >= 15 is 0 Å². The molecule has 0 saturated heterocycles. The summed E-state index contributed by atoms with van der Waals surface area (Å²) >= 11 is 0. The smallest absolute Gasteiger partial charge is 0.435 e. The van der Waals surface area contributed by atoms with Crippen molar-refractivity contribution in [2.24, 2.45) is 10.7 Å². The lowest BCUT2D eigenvalue weighted by Gasteiger charge is -2.17. The monoisotopic (exact) mass is 424 g/mol. The number of nitrogens with two attached hydrogens (primary N) is 2. The Labute approximate surface area is 176 Å². The Morgan fingerprint density at radius 2 is 1.63 bits per heavy atom. The van der Waals surface area contributed by atoms with Crippen LogP contribution >= 0.6 is 0 Å². The lowest BCUT2D eigenvalue weighted by Crippen LogP contribution is -2.27. The summed E-state index contributed by atoms with van der Waals surface area (Å²) in [5, 5.41) is 11.9. The molecule has 0 radical (unpaired) electrons. The Hall–Kier alpha value is -3.30. The van der Waals surface area contributed by atoms with E-state index in [-0.39, 0.29) is 5.56 Å². The molecule has 0 bridgehead atoms. The van der Waals surface area contributed by atoms with Crippen molar-refractivity contribution in [3.05, 3.63) is 23.3 Å². The van der Waals surface area contributed by atoms with Crippen molar-refractivity contribution in [1.82, 2.24) is 0 Å². The summed E-state index contributed by atoms with van der Waals surface area (Å²) < 4.78 is 9.58. The topological polar surface area (TPSA) is 166 Å². The second kappa shape index (κ2) is 11.0. The Kier molecular flexibility index (Phi) is 9.82. The van der Waals surface area contributed by atoms with E-state index < -0.39 is 29.4 Å². The van der Waals surface area contributed by atoms with Gasteiger partial charge in [0.2, 0.25) is 0 Å². The fourth-order valence-corrected chi connectivity index (χ4v) is 2.11. The molecule has 10 heteroatoms. The minimum Gasteiger partial charge on any atom is -0.478 e. The van der Waals surface area contributed by atoms with E-state index in [2.05, 4.69) is 15.0 Å². The second-order valence-corrected chi connectivity index (χ2v) is 8.17. The van der Waals surface area contributed by atoms with Gasteiger partial charge in [0.05, 0.1) is 11.9 Å². The molecule has 6 N–H and O–H groups in total.